The van der Waals surface area contributed by atoms with Crippen molar-refractivity contribution >= 4 is 0 Å². The van der Waals surface area contributed by atoms with Gasteiger partial charge in [-0.2, -0.15) is 0 Å². The molecule has 2 fully saturated rings. The first-order valence-corrected chi connectivity index (χ1v) is 7.45. The number of rotatable bonds is 4. The molecule has 0 aromatic rings. The molecule has 2 saturated carbocycles. The molecule has 4 aliphatic rings. The van der Waals surface area contributed by atoms with Gasteiger partial charge in [0, 0.05) is 13.2 Å². The Bertz CT molecular complexity index is 334. The molecule has 2 nitrogen and oxygen atoms in total. The summed E-state index contributed by atoms with van der Waals surface area (Å²) in [7, 11) is 0. The molecule has 98 valence electrons. The van der Waals surface area contributed by atoms with Crippen LogP contribution in [0.15, 0.2) is 24.3 Å². The summed E-state index contributed by atoms with van der Waals surface area (Å²) >= 11 is 0. The Labute approximate surface area is 108 Å². The molecule has 2 N–H and O–H groups in total. The van der Waals surface area contributed by atoms with Crippen molar-refractivity contribution < 1.29 is 10.2 Å². The largest absolute Gasteiger partial charge is 0.396 e. The average Bonchev–Trinajstić information content (AvgIpc) is 3.04. The second kappa shape index (κ2) is 3.94. The van der Waals surface area contributed by atoms with E-state index >= 15 is 0 Å². The predicted octanol–water partition coefficient (Wildman–Crippen LogP) is 1.85. The van der Waals surface area contributed by atoms with Gasteiger partial charge in [0.15, 0.2) is 0 Å². The van der Waals surface area contributed by atoms with Crippen molar-refractivity contribution in [2.45, 2.75) is 12.8 Å². The molecule has 0 radical (unpaired) electrons. The first-order valence-electron chi connectivity index (χ1n) is 7.45. The summed E-state index contributed by atoms with van der Waals surface area (Å²) in [6.07, 6.45) is 11.7. The van der Waals surface area contributed by atoms with E-state index < -0.39 is 0 Å². The van der Waals surface area contributed by atoms with Crippen molar-refractivity contribution in [2.75, 3.05) is 13.2 Å². The van der Waals surface area contributed by atoms with Crippen LogP contribution in [-0.4, -0.2) is 23.4 Å². The molecule has 0 saturated heterocycles. The van der Waals surface area contributed by atoms with E-state index in [2.05, 4.69) is 24.3 Å². The van der Waals surface area contributed by atoms with Crippen LogP contribution in [0.4, 0.5) is 0 Å². The molecule has 2 heteroatoms. The van der Waals surface area contributed by atoms with Crippen molar-refractivity contribution in [3.8, 4) is 0 Å². The van der Waals surface area contributed by atoms with E-state index in [9.17, 15) is 10.2 Å². The lowest BCUT2D eigenvalue weighted by Crippen LogP contribution is -2.20. The summed E-state index contributed by atoms with van der Waals surface area (Å²) in [6, 6.07) is 0. The smallest absolute Gasteiger partial charge is 0.0434 e. The Morgan fingerprint density at radius 2 is 0.944 bits per heavy atom. The molecule has 4 unspecified atom stereocenters. The highest BCUT2D eigenvalue weighted by Gasteiger charge is 2.63. The van der Waals surface area contributed by atoms with Gasteiger partial charge in [-0.1, -0.05) is 24.3 Å². The standard InChI is InChI=1S/C16H22O2/c17-7-5-9-11-1-2-12-10(6-8-18)14-4-3-13(9)16(14)15(11)12/h1-4,9-18H,5-8H2. The van der Waals surface area contributed by atoms with Gasteiger partial charge < -0.3 is 10.2 Å². The molecule has 0 amide bonds. The summed E-state index contributed by atoms with van der Waals surface area (Å²) in [6.45, 7) is 0.655. The van der Waals surface area contributed by atoms with E-state index in [-0.39, 0.29) is 0 Å². The quantitative estimate of drug-likeness (QED) is 0.743. The third-order valence-electron chi connectivity index (χ3n) is 6.24. The third kappa shape index (κ3) is 1.21. The molecule has 0 spiro atoms. The average molecular weight is 246 g/mol. The van der Waals surface area contributed by atoms with Crippen LogP contribution in [0.25, 0.3) is 0 Å². The van der Waals surface area contributed by atoms with Gasteiger partial charge in [-0.3, -0.25) is 0 Å². The molecule has 0 aromatic heterocycles. The molecule has 0 aromatic carbocycles. The SMILES string of the molecule is OCCC1C2C=CC3C(CCO)C4C=CC1C4C23. The van der Waals surface area contributed by atoms with Gasteiger partial charge in [0.05, 0.1) is 0 Å². The maximum atomic E-state index is 9.30. The van der Waals surface area contributed by atoms with Crippen molar-refractivity contribution in [3.63, 3.8) is 0 Å². The zero-order valence-electron chi connectivity index (χ0n) is 10.7. The first-order chi connectivity index (χ1) is 8.86. The molecule has 0 aliphatic heterocycles. The lowest BCUT2D eigenvalue weighted by atomic mass is 9.81. The van der Waals surface area contributed by atoms with E-state index in [1.807, 2.05) is 0 Å². The summed E-state index contributed by atoms with van der Waals surface area (Å²) in [4.78, 5) is 0. The predicted molar refractivity (Wildman–Crippen MR) is 69.6 cm³/mol. The van der Waals surface area contributed by atoms with Crippen LogP contribution in [0, 0.1) is 47.3 Å². The summed E-state index contributed by atoms with van der Waals surface area (Å²) in [5, 5.41) is 18.6. The van der Waals surface area contributed by atoms with Crippen LogP contribution in [0.2, 0.25) is 0 Å². The van der Waals surface area contributed by atoms with E-state index in [1.54, 1.807) is 0 Å². The van der Waals surface area contributed by atoms with Gasteiger partial charge >= 0.3 is 0 Å². The van der Waals surface area contributed by atoms with Crippen molar-refractivity contribution in [1.82, 2.24) is 0 Å². The molecule has 4 atom stereocenters. The fourth-order valence-electron chi connectivity index (χ4n) is 5.86. The van der Waals surface area contributed by atoms with Gasteiger partial charge in [0.1, 0.15) is 0 Å². The molecule has 18 heavy (non-hydrogen) atoms. The van der Waals surface area contributed by atoms with Gasteiger partial charge in [-0.25, -0.2) is 0 Å². The minimum Gasteiger partial charge on any atom is -0.396 e. The first kappa shape index (κ1) is 11.2. The van der Waals surface area contributed by atoms with Gasteiger partial charge in [0.25, 0.3) is 0 Å². The Hall–Kier alpha value is -0.600. The molecule has 0 heterocycles. The minimum absolute atomic E-state index is 0.328. The molecule has 4 aliphatic carbocycles. The second-order valence-corrected chi connectivity index (χ2v) is 6.59. The van der Waals surface area contributed by atoms with Gasteiger partial charge in [0.2, 0.25) is 0 Å². The van der Waals surface area contributed by atoms with Gasteiger partial charge in [-0.15, -0.1) is 0 Å². The van der Waals surface area contributed by atoms with Gasteiger partial charge in [-0.05, 0) is 60.2 Å². The number of aliphatic hydroxyl groups excluding tert-OH is 2. The zero-order valence-corrected chi connectivity index (χ0v) is 10.7. The van der Waals surface area contributed by atoms with Crippen molar-refractivity contribution in [1.29, 1.82) is 0 Å². The van der Waals surface area contributed by atoms with Crippen molar-refractivity contribution in [2.24, 2.45) is 47.3 Å². The second-order valence-electron chi connectivity index (χ2n) is 6.59. The van der Waals surface area contributed by atoms with Crippen LogP contribution in [0.1, 0.15) is 12.8 Å². The topological polar surface area (TPSA) is 40.5 Å². The van der Waals surface area contributed by atoms with E-state index in [0.29, 0.717) is 48.7 Å². The number of hydrogen-bond donors (Lipinski definition) is 2. The Morgan fingerprint density at radius 1 is 0.611 bits per heavy atom. The zero-order chi connectivity index (χ0) is 12.3. The molecule has 0 bridgehead atoms. The Kier molecular flexibility index (Phi) is 2.46. The highest BCUT2D eigenvalue weighted by atomic mass is 16.3. The fourth-order valence-corrected chi connectivity index (χ4v) is 5.86. The monoisotopic (exact) mass is 246 g/mol. The van der Waals surface area contributed by atoms with Crippen LogP contribution >= 0.6 is 0 Å². The Morgan fingerprint density at radius 3 is 1.22 bits per heavy atom. The van der Waals surface area contributed by atoms with E-state index in [1.165, 1.54) is 0 Å². The maximum Gasteiger partial charge on any atom is 0.0434 e. The minimum atomic E-state index is 0.328. The highest BCUT2D eigenvalue weighted by molar-refractivity contribution is 5.29. The Balaban J connectivity index is 1.68. The lowest BCUT2D eigenvalue weighted by Gasteiger charge is -2.24. The number of aliphatic hydroxyl groups is 2. The normalized spacial score (nSPS) is 54.6. The fraction of sp³-hybridized carbons (Fsp3) is 0.750. The molecular weight excluding hydrogens is 224 g/mol. The highest BCUT2D eigenvalue weighted by Crippen LogP contribution is 2.68. The maximum absolute atomic E-state index is 9.30. The summed E-state index contributed by atoms with van der Waals surface area (Å²) in [5.74, 6) is 5.76. The lowest BCUT2D eigenvalue weighted by molar-refractivity contribution is 0.195. The number of hydrogen-bond acceptors (Lipinski definition) is 2. The molecule has 4 rings (SSSR count). The summed E-state index contributed by atoms with van der Waals surface area (Å²) in [5.41, 5.74) is 0. The van der Waals surface area contributed by atoms with Crippen molar-refractivity contribution in [3.05, 3.63) is 24.3 Å². The van der Waals surface area contributed by atoms with Crippen LogP contribution in [-0.2, 0) is 0 Å². The van der Waals surface area contributed by atoms with E-state index in [0.717, 1.165) is 24.7 Å². The molecular formula is C16H22O2. The van der Waals surface area contributed by atoms with Crippen LogP contribution in [0.5, 0.6) is 0 Å². The third-order valence-corrected chi connectivity index (χ3v) is 6.24. The number of allylic oxidation sites excluding steroid dienone is 4. The van der Waals surface area contributed by atoms with Crippen LogP contribution in [0.3, 0.4) is 0 Å². The van der Waals surface area contributed by atoms with E-state index in [4.69, 9.17) is 0 Å². The summed E-state index contributed by atoms with van der Waals surface area (Å²) < 4.78 is 0. The van der Waals surface area contributed by atoms with Crippen LogP contribution < -0.4 is 0 Å².